The summed E-state index contributed by atoms with van der Waals surface area (Å²) in [6.07, 6.45) is 0. The molecule has 0 fully saturated rings. The van der Waals surface area contributed by atoms with Crippen LogP contribution < -0.4 is 0 Å². The standard InChI is InChI=1S/C14H31NSi/c1-9-16(10-2,11-3)14(8)15(12(4)5)13(6)7/h9,12-14H,1,10-11H2,2-8H3. The van der Waals surface area contributed by atoms with Crippen LogP contribution in [0.25, 0.3) is 0 Å². The smallest absolute Gasteiger partial charge is 0.0945 e. The van der Waals surface area contributed by atoms with Crippen LogP contribution in [-0.2, 0) is 0 Å². The van der Waals surface area contributed by atoms with Crippen LogP contribution in [0.15, 0.2) is 12.3 Å². The third-order valence-electron chi connectivity index (χ3n) is 4.19. The van der Waals surface area contributed by atoms with Crippen molar-refractivity contribution in [2.45, 2.75) is 78.3 Å². The Labute approximate surface area is 104 Å². The minimum absolute atomic E-state index is 0.625. The van der Waals surface area contributed by atoms with Crippen LogP contribution in [0.4, 0.5) is 0 Å². The van der Waals surface area contributed by atoms with Crippen molar-refractivity contribution in [1.29, 1.82) is 0 Å². The van der Waals surface area contributed by atoms with Crippen molar-refractivity contribution in [1.82, 2.24) is 4.90 Å². The fourth-order valence-electron chi connectivity index (χ4n) is 3.09. The Hall–Kier alpha value is -0.0831. The van der Waals surface area contributed by atoms with Gasteiger partial charge in [0.15, 0.2) is 0 Å². The molecule has 0 aromatic carbocycles. The van der Waals surface area contributed by atoms with Gasteiger partial charge in [-0.3, -0.25) is 4.90 Å². The summed E-state index contributed by atoms with van der Waals surface area (Å²) >= 11 is 0. The molecule has 1 nitrogen and oxygen atoms in total. The molecule has 0 aliphatic rings. The van der Waals surface area contributed by atoms with Crippen molar-refractivity contribution in [2.75, 3.05) is 0 Å². The average molecular weight is 241 g/mol. The Balaban J connectivity index is 5.09. The number of hydrogen-bond acceptors (Lipinski definition) is 1. The van der Waals surface area contributed by atoms with E-state index in [2.05, 4.69) is 65.6 Å². The molecule has 0 amide bonds. The summed E-state index contributed by atoms with van der Waals surface area (Å²) in [6.45, 7) is 20.5. The van der Waals surface area contributed by atoms with Crippen molar-refractivity contribution in [3.8, 4) is 0 Å². The Morgan fingerprint density at radius 3 is 1.56 bits per heavy atom. The number of nitrogens with zero attached hydrogens (tertiary/aromatic N) is 1. The van der Waals surface area contributed by atoms with E-state index < -0.39 is 8.07 Å². The van der Waals surface area contributed by atoms with Crippen LogP contribution in [0.1, 0.15) is 48.5 Å². The van der Waals surface area contributed by atoms with Gasteiger partial charge < -0.3 is 0 Å². The van der Waals surface area contributed by atoms with Gasteiger partial charge in [-0.15, -0.1) is 6.58 Å². The number of hydrogen-bond donors (Lipinski definition) is 0. The highest BCUT2D eigenvalue weighted by Crippen LogP contribution is 2.27. The van der Waals surface area contributed by atoms with Gasteiger partial charge in [-0.05, 0) is 27.7 Å². The summed E-state index contributed by atoms with van der Waals surface area (Å²) in [4.78, 5) is 2.67. The maximum absolute atomic E-state index is 4.13. The fraction of sp³-hybridized carbons (Fsp3) is 0.857. The molecule has 0 saturated heterocycles. The SMILES string of the molecule is C=C[Si](CC)(CC)C(C)N(C(C)C)C(C)C. The van der Waals surface area contributed by atoms with Crippen molar-refractivity contribution in [3.63, 3.8) is 0 Å². The third kappa shape index (κ3) is 3.20. The van der Waals surface area contributed by atoms with Crippen molar-refractivity contribution >= 4 is 8.07 Å². The van der Waals surface area contributed by atoms with Gasteiger partial charge in [-0.25, -0.2) is 0 Å². The molecule has 0 aromatic heterocycles. The second kappa shape index (κ2) is 6.60. The van der Waals surface area contributed by atoms with Gasteiger partial charge in [0, 0.05) is 17.7 Å². The normalized spacial score (nSPS) is 14.9. The van der Waals surface area contributed by atoms with E-state index in [4.69, 9.17) is 0 Å². The molecule has 96 valence electrons. The van der Waals surface area contributed by atoms with Crippen molar-refractivity contribution in [2.24, 2.45) is 0 Å². The molecule has 0 heterocycles. The first kappa shape index (κ1) is 15.9. The monoisotopic (exact) mass is 241 g/mol. The number of rotatable bonds is 7. The van der Waals surface area contributed by atoms with E-state index in [9.17, 15) is 0 Å². The molecule has 0 rings (SSSR count). The largest absolute Gasteiger partial charge is 0.298 e. The molecule has 0 aromatic rings. The van der Waals surface area contributed by atoms with Crippen LogP contribution in [-0.4, -0.2) is 30.7 Å². The first-order chi connectivity index (χ1) is 7.36. The molecule has 0 N–H and O–H groups in total. The first-order valence-electron chi connectivity index (χ1n) is 6.77. The van der Waals surface area contributed by atoms with Gasteiger partial charge in [0.25, 0.3) is 0 Å². The van der Waals surface area contributed by atoms with Crippen LogP contribution in [0.3, 0.4) is 0 Å². The topological polar surface area (TPSA) is 3.24 Å². The van der Waals surface area contributed by atoms with Crippen molar-refractivity contribution < 1.29 is 0 Å². The van der Waals surface area contributed by atoms with E-state index in [0.717, 1.165) is 0 Å². The molecular weight excluding hydrogens is 210 g/mol. The Morgan fingerprint density at radius 1 is 1.00 bits per heavy atom. The summed E-state index contributed by atoms with van der Waals surface area (Å²) in [6, 6.07) is 3.87. The summed E-state index contributed by atoms with van der Waals surface area (Å²) in [5.74, 6) is 0. The van der Waals surface area contributed by atoms with E-state index in [-0.39, 0.29) is 0 Å². The lowest BCUT2D eigenvalue weighted by Crippen LogP contribution is -2.57. The predicted molar refractivity (Wildman–Crippen MR) is 78.5 cm³/mol. The zero-order valence-corrected chi connectivity index (χ0v) is 13.4. The molecule has 0 bridgehead atoms. The minimum Gasteiger partial charge on any atom is -0.298 e. The molecule has 0 aliphatic carbocycles. The van der Waals surface area contributed by atoms with E-state index >= 15 is 0 Å². The molecule has 0 aliphatic heterocycles. The van der Waals surface area contributed by atoms with E-state index in [0.29, 0.717) is 17.7 Å². The molecule has 0 saturated carbocycles. The lowest BCUT2D eigenvalue weighted by molar-refractivity contribution is 0.158. The van der Waals surface area contributed by atoms with Gasteiger partial charge in [0.1, 0.15) is 0 Å². The molecule has 0 radical (unpaired) electrons. The second-order valence-corrected chi connectivity index (χ2v) is 10.6. The maximum atomic E-state index is 4.13. The van der Waals surface area contributed by atoms with Gasteiger partial charge in [0.05, 0.1) is 8.07 Å². The highest BCUT2D eigenvalue weighted by atomic mass is 28.3. The summed E-state index contributed by atoms with van der Waals surface area (Å²) < 4.78 is 0. The Kier molecular flexibility index (Phi) is 6.57. The van der Waals surface area contributed by atoms with Gasteiger partial charge in [-0.1, -0.05) is 38.6 Å². The average Bonchev–Trinajstić information content (AvgIpc) is 2.20. The summed E-state index contributed by atoms with van der Waals surface area (Å²) in [5, 5.41) is 0. The lowest BCUT2D eigenvalue weighted by atomic mass is 10.2. The molecule has 0 spiro atoms. The van der Waals surface area contributed by atoms with Crippen LogP contribution >= 0.6 is 0 Å². The first-order valence-corrected chi connectivity index (χ1v) is 9.34. The molecule has 16 heavy (non-hydrogen) atoms. The van der Waals surface area contributed by atoms with Crippen molar-refractivity contribution in [3.05, 3.63) is 12.3 Å². The van der Waals surface area contributed by atoms with E-state index in [1.165, 1.54) is 12.1 Å². The lowest BCUT2D eigenvalue weighted by Gasteiger charge is -2.45. The molecule has 1 unspecified atom stereocenters. The molecular formula is C14H31NSi. The molecule has 1 atom stereocenters. The maximum Gasteiger partial charge on any atom is 0.0945 e. The zero-order valence-electron chi connectivity index (χ0n) is 12.4. The highest BCUT2D eigenvalue weighted by molar-refractivity contribution is 6.85. The molecule has 2 heteroatoms. The Bertz CT molecular complexity index is 199. The Morgan fingerprint density at radius 2 is 1.38 bits per heavy atom. The predicted octanol–water partition coefficient (Wildman–Crippen LogP) is 4.25. The van der Waals surface area contributed by atoms with E-state index in [1.807, 2.05) is 0 Å². The third-order valence-corrected chi connectivity index (χ3v) is 9.60. The van der Waals surface area contributed by atoms with Gasteiger partial charge in [0.2, 0.25) is 0 Å². The summed E-state index contributed by atoms with van der Waals surface area (Å²) in [7, 11) is -1.32. The zero-order chi connectivity index (χ0) is 12.9. The second-order valence-electron chi connectivity index (χ2n) is 5.46. The quantitative estimate of drug-likeness (QED) is 0.602. The summed E-state index contributed by atoms with van der Waals surface area (Å²) in [5.41, 5.74) is 3.01. The fourth-order valence-corrected chi connectivity index (χ4v) is 6.88. The minimum atomic E-state index is -1.32. The van der Waals surface area contributed by atoms with Crippen LogP contribution in [0, 0.1) is 0 Å². The van der Waals surface area contributed by atoms with Gasteiger partial charge in [-0.2, -0.15) is 0 Å². The highest BCUT2D eigenvalue weighted by Gasteiger charge is 2.37. The van der Waals surface area contributed by atoms with Gasteiger partial charge >= 0.3 is 0 Å². The van der Waals surface area contributed by atoms with E-state index in [1.54, 1.807) is 0 Å². The van der Waals surface area contributed by atoms with Crippen LogP contribution in [0.5, 0.6) is 0 Å². The van der Waals surface area contributed by atoms with Crippen LogP contribution in [0.2, 0.25) is 12.1 Å².